The van der Waals surface area contributed by atoms with Crippen LogP contribution in [0.15, 0.2) is 48.4 Å². The second kappa shape index (κ2) is 5.25. The SMILES string of the molecule is N=C(C1=CCCC1)c1cc(-c2cccnc2)ncc1N. The molecule has 0 bridgehead atoms. The van der Waals surface area contributed by atoms with Crippen molar-refractivity contribution in [3.63, 3.8) is 0 Å². The zero-order valence-corrected chi connectivity index (χ0v) is 11.1. The van der Waals surface area contributed by atoms with Crippen LogP contribution in [0.4, 0.5) is 5.69 Å². The predicted octanol–water partition coefficient (Wildman–Crippen LogP) is 3.20. The van der Waals surface area contributed by atoms with Gasteiger partial charge >= 0.3 is 0 Å². The van der Waals surface area contributed by atoms with E-state index in [0.717, 1.165) is 41.7 Å². The van der Waals surface area contributed by atoms with Gasteiger partial charge in [0.15, 0.2) is 0 Å². The van der Waals surface area contributed by atoms with E-state index in [0.29, 0.717) is 11.4 Å². The Labute approximate surface area is 117 Å². The topological polar surface area (TPSA) is 75.7 Å². The number of aromatic nitrogens is 2. The number of nitrogens with one attached hydrogen (secondary N) is 1. The van der Waals surface area contributed by atoms with Gasteiger partial charge in [-0.1, -0.05) is 6.08 Å². The van der Waals surface area contributed by atoms with Crippen molar-refractivity contribution in [3.05, 3.63) is 54.0 Å². The third kappa shape index (κ3) is 2.32. The van der Waals surface area contributed by atoms with Crippen LogP contribution in [-0.2, 0) is 0 Å². The highest BCUT2D eigenvalue weighted by molar-refractivity contribution is 6.14. The number of allylic oxidation sites excluding steroid dienone is 2. The van der Waals surface area contributed by atoms with Gasteiger partial charge in [0.1, 0.15) is 0 Å². The number of nitrogens with zero attached hydrogens (tertiary/aromatic N) is 2. The zero-order chi connectivity index (χ0) is 13.9. The minimum atomic E-state index is 0.521. The number of rotatable bonds is 3. The Morgan fingerprint density at radius 2 is 2.20 bits per heavy atom. The average Bonchev–Trinajstić information content (AvgIpc) is 3.02. The molecule has 1 aliphatic rings. The lowest BCUT2D eigenvalue weighted by molar-refractivity contribution is 0.919. The molecular weight excluding hydrogens is 248 g/mol. The highest BCUT2D eigenvalue weighted by Gasteiger charge is 2.15. The van der Waals surface area contributed by atoms with Crippen LogP contribution in [0.2, 0.25) is 0 Å². The summed E-state index contributed by atoms with van der Waals surface area (Å²) in [5.41, 5.74) is 10.6. The molecule has 0 aromatic carbocycles. The molecule has 0 saturated carbocycles. The normalized spacial score (nSPS) is 14.1. The summed E-state index contributed by atoms with van der Waals surface area (Å²) in [5.74, 6) is 0. The molecule has 0 spiro atoms. The molecule has 2 aromatic heterocycles. The van der Waals surface area contributed by atoms with Crippen molar-refractivity contribution in [2.75, 3.05) is 5.73 Å². The molecule has 0 saturated heterocycles. The van der Waals surface area contributed by atoms with Crippen molar-refractivity contribution in [1.29, 1.82) is 5.41 Å². The number of anilines is 1. The molecule has 0 unspecified atom stereocenters. The number of pyridine rings is 2. The summed E-state index contributed by atoms with van der Waals surface area (Å²) in [5, 5.41) is 8.34. The highest BCUT2D eigenvalue weighted by atomic mass is 14.7. The van der Waals surface area contributed by atoms with Gasteiger partial charge in [-0.25, -0.2) is 0 Å². The van der Waals surface area contributed by atoms with E-state index >= 15 is 0 Å². The third-order valence-corrected chi connectivity index (χ3v) is 3.52. The van der Waals surface area contributed by atoms with Gasteiger partial charge in [0.05, 0.1) is 23.3 Å². The monoisotopic (exact) mass is 264 g/mol. The fraction of sp³-hybridized carbons (Fsp3) is 0.188. The van der Waals surface area contributed by atoms with Crippen molar-refractivity contribution >= 4 is 11.4 Å². The van der Waals surface area contributed by atoms with Gasteiger partial charge < -0.3 is 5.73 Å². The molecule has 2 aromatic rings. The van der Waals surface area contributed by atoms with Gasteiger partial charge in [0, 0.05) is 23.5 Å². The molecule has 20 heavy (non-hydrogen) atoms. The van der Waals surface area contributed by atoms with Gasteiger partial charge in [-0.05, 0) is 43.0 Å². The average molecular weight is 264 g/mol. The Morgan fingerprint density at radius 1 is 1.30 bits per heavy atom. The summed E-state index contributed by atoms with van der Waals surface area (Å²) in [6.07, 6.45) is 10.4. The molecule has 3 N–H and O–H groups in total. The van der Waals surface area contributed by atoms with Crippen LogP contribution in [0, 0.1) is 5.41 Å². The first-order chi connectivity index (χ1) is 9.75. The molecule has 0 amide bonds. The van der Waals surface area contributed by atoms with Crippen LogP contribution in [0.3, 0.4) is 0 Å². The van der Waals surface area contributed by atoms with Crippen molar-refractivity contribution < 1.29 is 0 Å². The lowest BCUT2D eigenvalue weighted by Crippen LogP contribution is -2.07. The lowest BCUT2D eigenvalue weighted by atomic mass is 10.00. The minimum Gasteiger partial charge on any atom is -0.397 e. The van der Waals surface area contributed by atoms with Crippen LogP contribution in [0.5, 0.6) is 0 Å². The number of nitrogens with two attached hydrogens (primary N) is 1. The fourth-order valence-electron chi connectivity index (χ4n) is 2.43. The standard InChI is InChI=1S/C16H16N4/c17-14-10-20-15(12-6-3-7-19-9-12)8-13(14)16(18)11-4-1-2-5-11/h3-4,6-10,18H,1-2,5,17H2. The van der Waals surface area contributed by atoms with E-state index in [1.165, 1.54) is 0 Å². The maximum Gasteiger partial charge on any atom is 0.0725 e. The van der Waals surface area contributed by atoms with Gasteiger partial charge in [0.25, 0.3) is 0 Å². The maximum absolute atomic E-state index is 8.34. The predicted molar refractivity (Wildman–Crippen MR) is 80.6 cm³/mol. The van der Waals surface area contributed by atoms with Crippen LogP contribution in [0.25, 0.3) is 11.3 Å². The molecular formula is C16H16N4. The maximum atomic E-state index is 8.34. The van der Waals surface area contributed by atoms with E-state index in [1.807, 2.05) is 18.2 Å². The number of hydrogen-bond donors (Lipinski definition) is 2. The first kappa shape index (κ1) is 12.5. The molecule has 4 heteroatoms. The fourth-order valence-corrected chi connectivity index (χ4v) is 2.43. The lowest BCUT2D eigenvalue weighted by Gasteiger charge is -2.10. The summed E-state index contributed by atoms with van der Waals surface area (Å²) in [6.45, 7) is 0. The van der Waals surface area contributed by atoms with Gasteiger partial charge in [-0.2, -0.15) is 0 Å². The molecule has 0 aliphatic heterocycles. The summed E-state index contributed by atoms with van der Waals surface area (Å²) < 4.78 is 0. The molecule has 100 valence electrons. The summed E-state index contributed by atoms with van der Waals surface area (Å²) >= 11 is 0. The Morgan fingerprint density at radius 3 is 2.90 bits per heavy atom. The van der Waals surface area contributed by atoms with Crippen molar-refractivity contribution in [2.24, 2.45) is 0 Å². The number of hydrogen-bond acceptors (Lipinski definition) is 4. The minimum absolute atomic E-state index is 0.521. The molecule has 1 aliphatic carbocycles. The van der Waals surface area contributed by atoms with E-state index < -0.39 is 0 Å². The van der Waals surface area contributed by atoms with Crippen molar-refractivity contribution in [2.45, 2.75) is 19.3 Å². The van der Waals surface area contributed by atoms with Crippen molar-refractivity contribution in [3.8, 4) is 11.3 Å². The van der Waals surface area contributed by atoms with Crippen molar-refractivity contribution in [1.82, 2.24) is 9.97 Å². The Balaban J connectivity index is 2.01. The zero-order valence-electron chi connectivity index (χ0n) is 11.1. The Hall–Kier alpha value is -2.49. The van der Waals surface area contributed by atoms with Crippen LogP contribution >= 0.6 is 0 Å². The first-order valence-electron chi connectivity index (χ1n) is 6.70. The molecule has 0 atom stereocenters. The second-order valence-corrected chi connectivity index (χ2v) is 4.90. The van der Waals surface area contributed by atoms with Crippen LogP contribution < -0.4 is 5.73 Å². The van der Waals surface area contributed by atoms with Gasteiger partial charge in [0.2, 0.25) is 0 Å². The molecule has 3 rings (SSSR count). The van der Waals surface area contributed by atoms with Crippen LogP contribution in [0.1, 0.15) is 24.8 Å². The third-order valence-electron chi connectivity index (χ3n) is 3.52. The van der Waals surface area contributed by atoms with Gasteiger partial charge in [-0.15, -0.1) is 0 Å². The van der Waals surface area contributed by atoms with E-state index in [1.54, 1.807) is 18.6 Å². The Kier molecular flexibility index (Phi) is 3.29. The Bertz CT molecular complexity index is 674. The second-order valence-electron chi connectivity index (χ2n) is 4.90. The summed E-state index contributed by atoms with van der Waals surface area (Å²) in [4.78, 5) is 8.44. The van der Waals surface area contributed by atoms with E-state index in [9.17, 15) is 0 Å². The first-order valence-corrected chi connectivity index (χ1v) is 6.70. The molecule has 0 fully saturated rings. The summed E-state index contributed by atoms with van der Waals surface area (Å²) in [7, 11) is 0. The molecule has 4 nitrogen and oxygen atoms in total. The van der Waals surface area contributed by atoms with Gasteiger partial charge in [-0.3, -0.25) is 15.4 Å². The highest BCUT2D eigenvalue weighted by Crippen LogP contribution is 2.26. The number of nitrogen functional groups attached to an aromatic ring is 1. The summed E-state index contributed by atoms with van der Waals surface area (Å²) in [6, 6.07) is 5.71. The van der Waals surface area contributed by atoms with Crippen LogP contribution in [-0.4, -0.2) is 15.7 Å². The molecule has 0 radical (unpaired) electrons. The van der Waals surface area contributed by atoms with E-state index in [2.05, 4.69) is 16.0 Å². The molecule has 2 heterocycles. The quantitative estimate of drug-likeness (QED) is 0.836. The largest absolute Gasteiger partial charge is 0.397 e. The smallest absolute Gasteiger partial charge is 0.0725 e. The van der Waals surface area contributed by atoms with E-state index in [-0.39, 0.29) is 0 Å². The van der Waals surface area contributed by atoms with E-state index in [4.69, 9.17) is 11.1 Å².